The van der Waals surface area contributed by atoms with Gasteiger partial charge in [0.1, 0.15) is 0 Å². The first-order valence-corrected chi connectivity index (χ1v) is 24.1. The molecule has 346 valence electrons. The smallest absolute Gasteiger partial charge is 0.160 e. The molecule has 0 atom stereocenters. The van der Waals surface area contributed by atoms with E-state index in [4.69, 9.17) is 19.9 Å². The summed E-state index contributed by atoms with van der Waals surface area (Å²) in [6, 6.07) is 82.2. The fourth-order valence-corrected chi connectivity index (χ4v) is 9.71. The van der Waals surface area contributed by atoms with Gasteiger partial charge in [0.2, 0.25) is 0 Å². The normalized spacial score (nSPS) is 10.9. The molecule has 0 spiro atoms. The summed E-state index contributed by atoms with van der Waals surface area (Å²) in [5.41, 5.74) is 15.4. The first-order chi connectivity index (χ1) is 36.9. The maximum atomic E-state index is 9.97. The largest absolute Gasteiger partial charge is 0.309 e. The van der Waals surface area contributed by atoms with Gasteiger partial charge < -0.3 is 4.57 Å². The van der Waals surface area contributed by atoms with Crippen molar-refractivity contribution in [3.63, 3.8) is 0 Å². The lowest BCUT2D eigenvalue weighted by atomic mass is 9.97. The Balaban J connectivity index is 1.16. The first kappa shape index (κ1) is 45.1. The highest BCUT2D eigenvalue weighted by atomic mass is 15.0. The molecule has 0 radical (unpaired) electrons. The zero-order valence-electron chi connectivity index (χ0n) is 39.9. The molecule has 12 rings (SSSR count). The molecule has 0 aliphatic carbocycles. The highest BCUT2D eigenvalue weighted by Crippen LogP contribution is 2.42. The molecule has 0 unspecified atom stereocenters. The summed E-state index contributed by atoms with van der Waals surface area (Å²) in [6.45, 7) is 0. The third-order valence-electron chi connectivity index (χ3n) is 13.3. The highest BCUT2D eigenvalue weighted by Gasteiger charge is 2.22. The van der Waals surface area contributed by atoms with Crippen LogP contribution in [0.15, 0.2) is 224 Å². The minimum atomic E-state index is 0.384. The van der Waals surface area contributed by atoms with Gasteiger partial charge in [0, 0.05) is 44.2 Å². The molecule has 9 heteroatoms. The van der Waals surface area contributed by atoms with Crippen molar-refractivity contribution in [2.75, 3.05) is 0 Å². The molecule has 0 bridgehead atoms. The van der Waals surface area contributed by atoms with Crippen LogP contribution in [0.4, 0.5) is 0 Å². The number of hydrogen-bond donors (Lipinski definition) is 0. The summed E-state index contributed by atoms with van der Waals surface area (Å²) in [5, 5.41) is 41.7. The highest BCUT2D eigenvalue weighted by molar-refractivity contribution is 6.12. The third kappa shape index (κ3) is 8.68. The van der Waals surface area contributed by atoms with Crippen LogP contribution in [0.5, 0.6) is 0 Å². The predicted molar refractivity (Wildman–Crippen MR) is 294 cm³/mol. The maximum Gasteiger partial charge on any atom is 0.160 e. The zero-order valence-corrected chi connectivity index (χ0v) is 39.9. The van der Waals surface area contributed by atoms with Crippen LogP contribution < -0.4 is 0 Å². The molecule has 0 saturated carbocycles. The van der Waals surface area contributed by atoms with Gasteiger partial charge in [-0.3, -0.25) is 0 Å². The molecule has 3 heterocycles. The minimum Gasteiger partial charge on any atom is -0.309 e. The van der Waals surface area contributed by atoms with Gasteiger partial charge in [-0.15, -0.1) is 0 Å². The van der Waals surface area contributed by atoms with Crippen LogP contribution in [-0.4, -0.2) is 24.5 Å². The lowest BCUT2D eigenvalue weighted by Crippen LogP contribution is -2.02. The van der Waals surface area contributed by atoms with E-state index in [0.717, 1.165) is 100 Å². The number of fused-ring (bicyclic) bond motifs is 3. The van der Waals surface area contributed by atoms with Crippen LogP contribution in [0.1, 0.15) is 22.3 Å². The van der Waals surface area contributed by atoms with E-state index in [1.165, 1.54) is 0 Å². The summed E-state index contributed by atoms with van der Waals surface area (Å²) >= 11 is 0. The fraction of sp³-hybridized carbons (Fsp3) is 0. The van der Waals surface area contributed by atoms with Crippen molar-refractivity contribution in [3.05, 3.63) is 247 Å². The fourth-order valence-electron chi connectivity index (χ4n) is 9.71. The van der Waals surface area contributed by atoms with E-state index in [1.54, 1.807) is 36.4 Å². The van der Waals surface area contributed by atoms with E-state index in [-0.39, 0.29) is 0 Å². The van der Waals surface area contributed by atoms with Crippen LogP contribution in [0.2, 0.25) is 0 Å². The van der Waals surface area contributed by atoms with Gasteiger partial charge in [-0.2, -0.15) is 21.0 Å². The molecule has 0 N–H and O–H groups in total. The molecule has 75 heavy (non-hydrogen) atoms. The van der Waals surface area contributed by atoms with E-state index < -0.39 is 0 Å². The van der Waals surface area contributed by atoms with Crippen molar-refractivity contribution in [3.8, 4) is 120 Å². The van der Waals surface area contributed by atoms with Gasteiger partial charge in [0.05, 0.1) is 86.0 Å². The van der Waals surface area contributed by atoms with Crippen molar-refractivity contribution in [1.82, 2.24) is 24.5 Å². The second-order valence-electron chi connectivity index (χ2n) is 18.0. The number of rotatable bonds is 9. The van der Waals surface area contributed by atoms with Crippen LogP contribution in [-0.2, 0) is 0 Å². The molecule has 9 aromatic carbocycles. The Bertz CT molecular complexity index is 4070. The van der Waals surface area contributed by atoms with E-state index in [0.29, 0.717) is 39.6 Å². The Morgan fingerprint density at radius 3 is 1.05 bits per heavy atom. The average Bonchev–Trinajstić information content (AvgIpc) is 3.88. The Kier molecular flexibility index (Phi) is 11.6. The molecular weight excluding hydrogens is 919 g/mol. The number of hydrogen-bond acceptors (Lipinski definition) is 8. The molecule has 0 fully saturated rings. The topological polar surface area (TPSA) is 152 Å². The summed E-state index contributed by atoms with van der Waals surface area (Å²) in [5.74, 6) is 1.16. The first-order valence-electron chi connectivity index (χ1n) is 24.1. The van der Waals surface area contributed by atoms with Crippen LogP contribution in [0.3, 0.4) is 0 Å². The lowest BCUT2D eigenvalue weighted by Gasteiger charge is -2.17. The van der Waals surface area contributed by atoms with Crippen LogP contribution >= 0.6 is 0 Å². The van der Waals surface area contributed by atoms with E-state index in [9.17, 15) is 21.0 Å². The zero-order chi connectivity index (χ0) is 50.8. The van der Waals surface area contributed by atoms with Crippen molar-refractivity contribution in [2.45, 2.75) is 0 Å². The van der Waals surface area contributed by atoms with Gasteiger partial charge >= 0.3 is 0 Å². The second kappa shape index (κ2) is 19.2. The molecule has 9 nitrogen and oxygen atoms in total. The Morgan fingerprint density at radius 2 is 0.640 bits per heavy atom. The summed E-state index contributed by atoms with van der Waals surface area (Å²) in [4.78, 5) is 20.9. The van der Waals surface area contributed by atoms with Crippen molar-refractivity contribution >= 4 is 21.8 Å². The SMILES string of the molecule is N#Cc1cc(C#N)cc(-c2ccc3c(c2)c2cc(-c4cc(C#N)cc(C#N)c4)ccc2n3-c2ccc(-c3cc(-c4ccccc4)nc(-c4ccccc4)n3)cc2-c2cc(-c3ccccc3)nc(-c3ccccc3)n2)c1. The van der Waals surface area contributed by atoms with Gasteiger partial charge in [-0.25, -0.2) is 19.9 Å². The van der Waals surface area contributed by atoms with Crippen molar-refractivity contribution < 1.29 is 0 Å². The summed E-state index contributed by atoms with van der Waals surface area (Å²) in [6.07, 6.45) is 0. The monoisotopic (exact) mass is 955 g/mol. The third-order valence-corrected chi connectivity index (χ3v) is 13.3. The van der Waals surface area contributed by atoms with Gasteiger partial charge in [0.15, 0.2) is 11.6 Å². The molecule has 12 aromatic rings. The van der Waals surface area contributed by atoms with E-state index in [2.05, 4.69) is 95.6 Å². The molecule has 3 aromatic heterocycles. The Hall–Kier alpha value is -11.1. The summed E-state index contributed by atoms with van der Waals surface area (Å²) < 4.78 is 2.24. The quantitative estimate of drug-likeness (QED) is 0.139. The van der Waals surface area contributed by atoms with Crippen molar-refractivity contribution in [2.24, 2.45) is 0 Å². The van der Waals surface area contributed by atoms with Gasteiger partial charge in [-0.05, 0) is 107 Å². The molecule has 0 aliphatic rings. The number of nitrogens with zero attached hydrogens (tertiary/aromatic N) is 9. The lowest BCUT2D eigenvalue weighted by molar-refractivity contribution is 1.15. The average molecular weight is 956 g/mol. The number of nitriles is 4. The second-order valence-corrected chi connectivity index (χ2v) is 18.0. The molecule has 0 saturated heterocycles. The molecule has 0 amide bonds. The van der Waals surface area contributed by atoms with Gasteiger partial charge in [-0.1, -0.05) is 140 Å². The summed E-state index contributed by atoms with van der Waals surface area (Å²) in [7, 11) is 0. The number of aromatic nitrogens is 5. The van der Waals surface area contributed by atoms with Gasteiger partial charge in [0.25, 0.3) is 0 Å². The van der Waals surface area contributed by atoms with Crippen LogP contribution in [0.25, 0.3) is 118 Å². The van der Waals surface area contributed by atoms with Crippen LogP contribution in [0, 0.1) is 45.3 Å². The molecular formula is C66H37N9. The maximum absolute atomic E-state index is 9.97. The van der Waals surface area contributed by atoms with E-state index >= 15 is 0 Å². The van der Waals surface area contributed by atoms with E-state index in [1.807, 2.05) is 121 Å². The van der Waals surface area contributed by atoms with Crippen molar-refractivity contribution in [1.29, 1.82) is 21.0 Å². The Morgan fingerprint density at radius 1 is 0.280 bits per heavy atom. The predicted octanol–water partition coefficient (Wildman–Crippen LogP) is 15.2. The Labute approximate surface area is 432 Å². The minimum absolute atomic E-state index is 0.384. The standard InChI is InChI=1S/C66H37N9/c67-38-42-27-43(39-68)30-53(29-42)50-21-24-62-55(33-50)56-34-51(54-31-44(40-69)28-45(32-54)41-70)22-25-63(56)75(62)64-26-23-52(60-36-58(46-13-5-1-6-14-46)71-65(73-60)48-17-9-3-10-18-48)35-57(64)61-37-59(47-15-7-2-8-16-47)72-66(74-61)49-19-11-4-12-20-49/h1-37H. The molecule has 0 aliphatic heterocycles. The number of benzene rings is 9.